The number of carbonyl (C=O) groups is 1. The fourth-order valence-electron chi connectivity index (χ4n) is 2.77. The molecule has 0 fully saturated rings. The van der Waals surface area contributed by atoms with Crippen LogP contribution in [-0.4, -0.2) is 34.5 Å². The van der Waals surface area contributed by atoms with Gasteiger partial charge in [0.2, 0.25) is 5.91 Å². The predicted molar refractivity (Wildman–Crippen MR) is 107 cm³/mol. The summed E-state index contributed by atoms with van der Waals surface area (Å²) in [4.78, 5) is 19.0. The predicted octanol–water partition coefficient (Wildman–Crippen LogP) is 4.41. The molecular weight excluding hydrogens is 342 g/mol. The largest absolute Gasteiger partial charge is 0.348 e. The van der Waals surface area contributed by atoms with Gasteiger partial charge in [-0.15, -0.1) is 0 Å². The maximum atomic E-state index is 12.8. The van der Waals surface area contributed by atoms with Gasteiger partial charge in [0.25, 0.3) is 0 Å². The lowest BCUT2D eigenvalue weighted by Crippen LogP contribution is -2.27. The molecule has 0 N–H and O–H groups in total. The Morgan fingerprint density at radius 1 is 1.12 bits per heavy atom. The van der Waals surface area contributed by atoms with Crippen LogP contribution in [0.2, 0.25) is 0 Å². The molecule has 26 heavy (non-hydrogen) atoms. The summed E-state index contributed by atoms with van der Waals surface area (Å²) < 4.78 is 2.06. The van der Waals surface area contributed by atoms with Crippen molar-refractivity contribution in [1.82, 2.24) is 14.5 Å². The van der Waals surface area contributed by atoms with Crippen molar-refractivity contribution in [2.24, 2.45) is 0 Å². The number of hydrogen-bond acceptors (Lipinski definition) is 3. The molecule has 134 valence electrons. The van der Waals surface area contributed by atoms with Gasteiger partial charge in [0.05, 0.1) is 5.69 Å². The average molecular weight is 366 g/mol. The Kier molecular flexibility index (Phi) is 5.47. The molecule has 0 aliphatic carbocycles. The number of aromatic nitrogens is 2. The van der Waals surface area contributed by atoms with Crippen molar-refractivity contribution in [3.63, 3.8) is 0 Å². The monoisotopic (exact) mass is 365 g/mol. The summed E-state index contributed by atoms with van der Waals surface area (Å²) in [6.45, 7) is 4.16. The molecule has 3 rings (SSSR count). The zero-order chi connectivity index (χ0) is 18.7. The van der Waals surface area contributed by atoms with Crippen molar-refractivity contribution in [3.8, 4) is 5.69 Å². The van der Waals surface area contributed by atoms with Crippen LogP contribution in [0.3, 0.4) is 0 Å². The van der Waals surface area contributed by atoms with Gasteiger partial charge < -0.3 is 4.90 Å². The number of thioether (sulfide) groups is 1. The Morgan fingerprint density at radius 3 is 2.54 bits per heavy atom. The highest BCUT2D eigenvalue weighted by Gasteiger charge is 2.25. The number of hydrogen-bond donors (Lipinski definition) is 0. The van der Waals surface area contributed by atoms with Crippen LogP contribution in [0.4, 0.5) is 0 Å². The Labute approximate surface area is 158 Å². The van der Waals surface area contributed by atoms with Crippen LogP contribution in [0.5, 0.6) is 0 Å². The molecule has 0 bridgehead atoms. The first-order chi connectivity index (χ1) is 12.5. The second-order valence-corrected chi connectivity index (χ2v) is 7.58. The molecule has 2 aromatic carbocycles. The van der Waals surface area contributed by atoms with Gasteiger partial charge in [-0.05, 0) is 36.6 Å². The zero-order valence-corrected chi connectivity index (χ0v) is 16.3. The lowest BCUT2D eigenvalue weighted by molar-refractivity contribution is -0.128. The Hall–Kier alpha value is -2.53. The molecule has 1 heterocycles. The van der Waals surface area contributed by atoms with Gasteiger partial charge in [0.15, 0.2) is 5.16 Å². The van der Waals surface area contributed by atoms with Crippen molar-refractivity contribution in [2.45, 2.75) is 24.3 Å². The van der Waals surface area contributed by atoms with Gasteiger partial charge in [-0.3, -0.25) is 9.36 Å². The maximum absolute atomic E-state index is 12.8. The highest BCUT2D eigenvalue weighted by atomic mass is 32.2. The minimum absolute atomic E-state index is 0.0525. The van der Waals surface area contributed by atoms with E-state index in [2.05, 4.69) is 41.6 Å². The lowest BCUT2D eigenvalue weighted by Gasteiger charge is -2.21. The van der Waals surface area contributed by atoms with Crippen LogP contribution in [0.1, 0.15) is 21.9 Å². The molecule has 1 aromatic heterocycles. The third-order valence-electron chi connectivity index (χ3n) is 4.22. The van der Waals surface area contributed by atoms with Gasteiger partial charge in [-0.25, -0.2) is 4.98 Å². The first-order valence-corrected chi connectivity index (χ1v) is 9.39. The van der Waals surface area contributed by atoms with E-state index in [1.54, 1.807) is 25.2 Å². The molecule has 1 unspecified atom stereocenters. The normalized spacial score (nSPS) is 12.0. The van der Waals surface area contributed by atoms with Crippen molar-refractivity contribution in [1.29, 1.82) is 0 Å². The summed E-state index contributed by atoms with van der Waals surface area (Å²) in [7, 11) is 3.58. The van der Waals surface area contributed by atoms with E-state index in [0.29, 0.717) is 0 Å². The highest BCUT2D eigenvalue weighted by molar-refractivity contribution is 8.00. The van der Waals surface area contributed by atoms with E-state index in [4.69, 9.17) is 0 Å². The van der Waals surface area contributed by atoms with Gasteiger partial charge in [0, 0.05) is 26.5 Å². The molecule has 0 aliphatic heterocycles. The van der Waals surface area contributed by atoms with Crippen molar-refractivity contribution >= 4 is 17.7 Å². The van der Waals surface area contributed by atoms with Crippen LogP contribution in [0, 0.1) is 13.8 Å². The van der Waals surface area contributed by atoms with E-state index in [9.17, 15) is 4.79 Å². The maximum Gasteiger partial charge on any atom is 0.240 e. The number of benzene rings is 2. The van der Waals surface area contributed by atoms with E-state index in [1.165, 1.54) is 22.9 Å². The van der Waals surface area contributed by atoms with Gasteiger partial charge >= 0.3 is 0 Å². The molecule has 4 nitrogen and oxygen atoms in total. The number of aryl methyl sites for hydroxylation is 2. The van der Waals surface area contributed by atoms with Crippen molar-refractivity contribution in [3.05, 3.63) is 77.6 Å². The number of likely N-dealkylation sites (N-methyl/N-ethyl adjacent to an activating group) is 1. The van der Waals surface area contributed by atoms with Crippen molar-refractivity contribution < 1.29 is 4.79 Å². The average Bonchev–Trinajstić information content (AvgIpc) is 3.10. The molecule has 0 spiro atoms. The first kappa shape index (κ1) is 18.3. The lowest BCUT2D eigenvalue weighted by atomic mass is 10.1. The third-order valence-corrected chi connectivity index (χ3v) is 5.44. The van der Waals surface area contributed by atoms with E-state index in [-0.39, 0.29) is 11.2 Å². The Balaban J connectivity index is 2.00. The molecule has 0 saturated heterocycles. The number of nitrogens with zero attached hydrogens (tertiary/aromatic N) is 3. The highest BCUT2D eigenvalue weighted by Crippen LogP contribution is 2.36. The molecule has 0 radical (unpaired) electrons. The molecule has 0 saturated carbocycles. The molecule has 3 aromatic rings. The minimum atomic E-state index is -0.336. The topological polar surface area (TPSA) is 38.1 Å². The number of amides is 1. The fraction of sp³-hybridized carbons (Fsp3) is 0.238. The fourth-order valence-corrected chi connectivity index (χ4v) is 3.98. The summed E-state index contributed by atoms with van der Waals surface area (Å²) >= 11 is 1.48. The van der Waals surface area contributed by atoms with Crippen molar-refractivity contribution in [2.75, 3.05) is 14.1 Å². The van der Waals surface area contributed by atoms with Crippen LogP contribution in [-0.2, 0) is 4.79 Å². The molecule has 5 heteroatoms. The van der Waals surface area contributed by atoms with E-state index in [1.807, 2.05) is 36.5 Å². The van der Waals surface area contributed by atoms with Gasteiger partial charge in [-0.1, -0.05) is 54.2 Å². The standard InChI is InChI=1S/C21H23N3OS/c1-15-10-11-16(2)18(14-15)24-13-12-22-21(24)26-19(20(25)23(3)4)17-8-6-5-7-9-17/h5-14,19H,1-4H3. The van der Waals surface area contributed by atoms with Crippen LogP contribution >= 0.6 is 11.8 Å². The quantitative estimate of drug-likeness (QED) is 0.629. The third kappa shape index (κ3) is 3.83. The second kappa shape index (κ2) is 7.79. The number of rotatable bonds is 5. The van der Waals surface area contributed by atoms with Gasteiger partial charge in [-0.2, -0.15) is 0 Å². The van der Waals surface area contributed by atoms with E-state index in [0.717, 1.165) is 16.4 Å². The summed E-state index contributed by atoms with van der Waals surface area (Å²) in [6.07, 6.45) is 3.73. The Bertz CT molecular complexity index is 903. The van der Waals surface area contributed by atoms with Gasteiger partial charge in [0.1, 0.15) is 5.25 Å². The summed E-state index contributed by atoms with van der Waals surface area (Å²) in [5, 5.41) is 0.472. The Morgan fingerprint density at radius 2 is 1.85 bits per heavy atom. The number of imidazole rings is 1. The molecule has 1 amide bonds. The zero-order valence-electron chi connectivity index (χ0n) is 15.5. The summed E-state index contributed by atoms with van der Waals surface area (Å²) in [5.41, 5.74) is 4.44. The summed E-state index contributed by atoms with van der Waals surface area (Å²) in [5.74, 6) is 0.0525. The smallest absolute Gasteiger partial charge is 0.240 e. The van der Waals surface area contributed by atoms with Crippen LogP contribution in [0.25, 0.3) is 5.69 Å². The molecule has 0 aliphatic rings. The molecule has 1 atom stereocenters. The van der Waals surface area contributed by atoms with Crippen LogP contribution in [0.15, 0.2) is 66.1 Å². The SMILES string of the molecule is Cc1ccc(C)c(-n2ccnc2SC(C(=O)N(C)C)c2ccccc2)c1. The van der Waals surface area contributed by atoms with Crippen LogP contribution < -0.4 is 0 Å². The number of carbonyl (C=O) groups excluding carboxylic acids is 1. The molecular formula is C21H23N3OS. The first-order valence-electron chi connectivity index (χ1n) is 8.51. The summed E-state index contributed by atoms with van der Waals surface area (Å²) in [6, 6.07) is 16.2. The van der Waals surface area contributed by atoms with E-state index < -0.39 is 0 Å². The minimum Gasteiger partial charge on any atom is -0.348 e. The second-order valence-electron chi connectivity index (χ2n) is 6.51. The van der Waals surface area contributed by atoms with E-state index >= 15 is 0 Å².